The fourth-order valence-corrected chi connectivity index (χ4v) is 2.11. The van der Waals surface area contributed by atoms with Crippen LogP contribution in [0.1, 0.15) is 77.7 Å². The Bertz CT molecular complexity index is 217. The van der Waals surface area contributed by atoms with Crippen LogP contribution < -0.4 is 0 Å². The number of rotatable bonds is 11. The SMILES string of the molecule is C.C.C.C.C.C.CCCC(CC)COCCOP(=O)(OC)OC. The van der Waals surface area contributed by atoms with Crippen molar-refractivity contribution in [2.45, 2.75) is 77.7 Å². The maximum absolute atomic E-state index is 11.5. The highest BCUT2D eigenvalue weighted by atomic mass is 31.2. The van der Waals surface area contributed by atoms with Crippen LogP contribution in [0.25, 0.3) is 0 Å². The summed E-state index contributed by atoms with van der Waals surface area (Å²) in [5.74, 6) is 0.594. The third kappa shape index (κ3) is 22.1. The normalized spacial score (nSPS) is 10.3. The molecule has 0 N–H and O–H groups in total. The number of ether oxygens (including phenoxy) is 1. The predicted molar refractivity (Wildman–Crippen MR) is 107 cm³/mol. The van der Waals surface area contributed by atoms with Crippen LogP contribution in [-0.2, 0) is 22.9 Å². The van der Waals surface area contributed by atoms with Gasteiger partial charge < -0.3 is 4.74 Å². The minimum atomic E-state index is -3.34. The molecular formula is C17H49O5P. The minimum Gasteiger partial charge on any atom is -0.379 e. The van der Waals surface area contributed by atoms with Crippen molar-refractivity contribution in [1.29, 1.82) is 0 Å². The molecule has 0 bridgehead atoms. The van der Waals surface area contributed by atoms with Crippen LogP contribution in [0.3, 0.4) is 0 Å². The topological polar surface area (TPSA) is 54.0 Å². The lowest BCUT2D eigenvalue weighted by Crippen LogP contribution is -2.12. The van der Waals surface area contributed by atoms with Crippen molar-refractivity contribution in [3.8, 4) is 0 Å². The van der Waals surface area contributed by atoms with Gasteiger partial charge in [-0.2, -0.15) is 0 Å². The van der Waals surface area contributed by atoms with Gasteiger partial charge in [0.1, 0.15) is 0 Å². The van der Waals surface area contributed by atoms with Gasteiger partial charge in [0.25, 0.3) is 0 Å². The molecule has 0 aliphatic carbocycles. The van der Waals surface area contributed by atoms with Crippen molar-refractivity contribution in [3.63, 3.8) is 0 Å². The maximum atomic E-state index is 11.5. The van der Waals surface area contributed by atoms with Gasteiger partial charge in [-0.25, -0.2) is 4.57 Å². The molecule has 0 amide bonds. The summed E-state index contributed by atoms with van der Waals surface area (Å²) in [6, 6.07) is 0. The van der Waals surface area contributed by atoms with Gasteiger partial charge >= 0.3 is 7.82 Å². The zero-order valence-corrected chi connectivity index (χ0v) is 12.2. The first kappa shape index (κ1) is 43.5. The molecule has 1 unspecified atom stereocenters. The molecule has 0 saturated carbocycles. The molecule has 0 aromatic rings. The summed E-state index contributed by atoms with van der Waals surface area (Å²) in [5.41, 5.74) is 0. The van der Waals surface area contributed by atoms with Crippen molar-refractivity contribution < 1.29 is 22.9 Å². The first-order valence-electron chi connectivity index (χ1n) is 6.05. The minimum absolute atomic E-state index is 0. The molecule has 0 aromatic carbocycles. The van der Waals surface area contributed by atoms with Crippen molar-refractivity contribution in [2.24, 2.45) is 5.92 Å². The molecule has 0 rings (SSSR count). The van der Waals surface area contributed by atoms with Crippen molar-refractivity contribution in [1.82, 2.24) is 0 Å². The second kappa shape index (κ2) is 26.9. The summed E-state index contributed by atoms with van der Waals surface area (Å²) in [4.78, 5) is 0. The monoisotopic (exact) mass is 364 g/mol. The van der Waals surface area contributed by atoms with Gasteiger partial charge in [-0.1, -0.05) is 71.2 Å². The Labute approximate surface area is 149 Å². The molecule has 0 heterocycles. The average molecular weight is 365 g/mol. The van der Waals surface area contributed by atoms with E-state index in [1.807, 2.05) is 0 Å². The molecular weight excluding hydrogens is 315 g/mol. The summed E-state index contributed by atoms with van der Waals surface area (Å²) in [7, 11) is -0.762. The largest absolute Gasteiger partial charge is 0.474 e. The second-order valence-corrected chi connectivity index (χ2v) is 5.67. The quantitative estimate of drug-likeness (QED) is 0.290. The Balaban J connectivity index is -0.0000000853. The third-order valence-electron chi connectivity index (χ3n) is 2.55. The molecule has 5 nitrogen and oxygen atoms in total. The van der Waals surface area contributed by atoms with E-state index in [1.54, 1.807) is 0 Å². The van der Waals surface area contributed by atoms with Gasteiger partial charge in [0.05, 0.1) is 13.2 Å². The van der Waals surface area contributed by atoms with E-state index in [1.165, 1.54) is 27.1 Å². The van der Waals surface area contributed by atoms with E-state index >= 15 is 0 Å². The van der Waals surface area contributed by atoms with E-state index in [2.05, 4.69) is 22.9 Å². The lowest BCUT2D eigenvalue weighted by molar-refractivity contribution is 0.0557. The summed E-state index contributed by atoms with van der Waals surface area (Å²) in [6.07, 6.45) is 3.45. The molecule has 0 saturated heterocycles. The molecule has 0 aromatic heterocycles. The molecule has 1 atom stereocenters. The Morgan fingerprint density at radius 3 is 1.70 bits per heavy atom. The van der Waals surface area contributed by atoms with Gasteiger partial charge in [-0.3, -0.25) is 13.6 Å². The van der Waals surface area contributed by atoms with Crippen molar-refractivity contribution >= 4 is 7.82 Å². The molecule has 6 heteroatoms. The smallest absolute Gasteiger partial charge is 0.379 e. The van der Waals surface area contributed by atoms with Crippen LogP contribution in [-0.4, -0.2) is 34.0 Å². The number of hydrogen-bond donors (Lipinski definition) is 0. The lowest BCUT2D eigenvalue weighted by atomic mass is 10.0. The summed E-state index contributed by atoms with van der Waals surface area (Å²) >= 11 is 0. The molecule has 0 spiro atoms. The first-order valence-corrected chi connectivity index (χ1v) is 7.51. The van der Waals surface area contributed by atoms with E-state index in [-0.39, 0.29) is 51.2 Å². The fraction of sp³-hybridized carbons (Fsp3) is 1.00. The predicted octanol–water partition coefficient (Wildman–Crippen LogP) is 7.06. The van der Waals surface area contributed by atoms with E-state index < -0.39 is 7.82 Å². The highest BCUT2D eigenvalue weighted by Gasteiger charge is 2.21. The fourth-order valence-electron chi connectivity index (χ4n) is 1.45. The molecule has 0 fully saturated rings. The zero-order valence-electron chi connectivity index (χ0n) is 11.3. The number of phosphoric acid groups is 1. The lowest BCUT2D eigenvalue weighted by Gasteiger charge is -2.15. The van der Waals surface area contributed by atoms with Gasteiger partial charge in [-0.15, -0.1) is 0 Å². The molecule has 23 heavy (non-hydrogen) atoms. The van der Waals surface area contributed by atoms with Crippen LogP contribution >= 0.6 is 7.82 Å². The van der Waals surface area contributed by atoms with Crippen LogP contribution in [0, 0.1) is 5.92 Å². The number of phosphoric ester groups is 1. The van der Waals surface area contributed by atoms with E-state index in [9.17, 15) is 4.57 Å². The third-order valence-corrected chi connectivity index (χ3v) is 3.95. The van der Waals surface area contributed by atoms with Gasteiger partial charge in [0.15, 0.2) is 0 Å². The van der Waals surface area contributed by atoms with Crippen LogP contribution in [0.15, 0.2) is 0 Å². The van der Waals surface area contributed by atoms with Crippen LogP contribution in [0.2, 0.25) is 0 Å². The molecule has 0 aliphatic rings. The van der Waals surface area contributed by atoms with Gasteiger partial charge in [0, 0.05) is 20.8 Å². The molecule has 0 aliphatic heterocycles. The standard InChI is InChI=1S/C11H25O5P.6CH4/c1-5-7-11(6-2)10-15-8-9-16-17(12,13-3)14-4;;;;;;/h11H,5-10H2,1-4H3;6*1H4. The summed E-state index contributed by atoms with van der Waals surface area (Å²) in [6.45, 7) is 5.65. The Morgan fingerprint density at radius 2 is 1.35 bits per heavy atom. The van der Waals surface area contributed by atoms with Crippen LogP contribution in [0.4, 0.5) is 0 Å². The summed E-state index contributed by atoms with van der Waals surface area (Å²) < 4.78 is 31.2. The molecule has 0 radical (unpaired) electrons. The van der Waals surface area contributed by atoms with Crippen molar-refractivity contribution in [3.05, 3.63) is 0 Å². The second-order valence-electron chi connectivity index (χ2n) is 3.78. The number of hydrogen-bond acceptors (Lipinski definition) is 5. The summed E-state index contributed by atoms with van der Waals surface area (Å²) in [5, 5.41) is 0. The van der Waals surface area contributed by atoms with E-state index in [4.69, 9.17) is 9.26 Å². The highest BCUT2D eigenvalue weighted by molar-refractivity contribution is 7.48. The zero-order chi connectivity index (χ0) is 13.1. The van der Waals surface area contributed by atoms with Gasteiger partial charge in [-0.05, 0) is 12.3 Å². The molecule has 152 valence electrons. The van der Waals surface area contributed by atoms with E-state index in [0.717, 1.165) is 13.0 Å². The van der Waals surface area contributed by atoms with Crippen LogP contribution in [0.5, 0.6) is 0 Å². The highest BCUT2D eigenvalue weighted by Crippen LogP contribution is 2.47. The Hall–Kier alpha value is 0.0700. The van der Waals surface area contributed by atoms with Gasteiger partial charge in [0.2, 0.25) is 0 Å². The Morgan fingerprint density at radius 1 is 0.870 bits per heavy atom. The first-order chi connectivity index (χ1) is 8.11. The Kier molecular flexibility index (Phi) is 51.0. The maximum Gasteiger partial charge on any atom is 0.474 e. The van der Waals surface area contributed by atoms with E-state index in [0.29, 0.717) is 12.5 Å². The average Bonchev–Trinajstić information content (AvgIpc) is 2.36. The van der Waals surface area contributed by atoms with Crippen molar-refractivity contribution in [2.75, 3.05) is 34.0 Å².